The Bertz CT molecular complexity index is 954. The fourth-order valence-corrected chi connectivity index (χ4v) is 2.72. The molecule has 0 aliphatic rings. The first-order valence-corrected chi connectivity index (χ1v) is 8.58. The standard InChI is InChI=1S/C20H18ClN3O3/c1-12-18(24-19(25)16-11-14(21)9-10-17(16)26-3)13(2)23-20(22-12)27-15-7-5-4-6-8-15/h4-11H,1-3H3,(H,24,25). The van der Waals surface area contributed by atoms with Gasteiger partial charge in [0, 0.05) is 5.02 Å². The maximum absolute atomic E-state index is 12.7. The summed E-state index contributed by atoms with van der Waals surface area (Å²) in [6, 6.07) is 14.3. The molecule has 0 fully saturated rings. The first-order valence-electron chi connectivity index (χ1n) is 8.21. The van der Waals surface area contributed by atoms with Crippen LogP contribution in [-0.2, 0) is 0 Å². The number of aromatic nitrogens is 2. The Labute approximate surface area is 162 Å². The van der Waals surface area contributed by atoms with Crippen molar-refractivity contribution in [2.75, 3.05) is 12.4 Å². The Morgan fingerprint density at radius 1 is 1.04 bits per heavy atom. The summed E-state index contributed by atoms with van der Waals surface area (Å²) in [6.07, 6.45) is 0. The fraction of sp³-hybridized carbons (Fsp3) is 0.150. The number of hydrogen-bond donors (Lipinski definition) is 1. The lowest BCUT2D eigenvalue weighted by Gasteiger charge is -2.14. The summed E-state index contributed by atoms with van der Waals surface area (Å²) in [6.45, 7) is 3.55. The summed E-state index contributed by atoms with van der Waals surface area (Å²) < 4.78 is 10.9. The van der Waals surface area contributed by atoms with Crippen molar-refractivity contribution < 1.29 is 14.3 Å². The molecule has 0 radical (unpaired) electrons. The van der Waals surface area contributed by atoms with Crippen LogP contribution in [0, 0.1) is 13.8 Å². The minimum atomic E-state index is -0.360. The number of benzene rings is 2. The molecule has 138 valence electrons. The normalized spacial score (nSPS) is 10.4. The van der Waals surface area contributed by atoms with Crippen LogP contribution in [0.2, 0.25) is 5.02 Å². The molecular formula is C20H18ClN3O3. The van der Waals surface area contributed by atoms with E-state index in [4.69, 9.17) is 21.1 Å². The molecule has 6 nitrogen and oxygen atoms in total. The molecule has 3 aromatic rings. The van der Waals surface area contributed by atoms with Gasteiger partial charge in [-0.3, -0.25) is 4.79 Å². The summed E-state index contributed by atoms with van der Waals surface area (Å²) >= 11 is 6.00. The zero-order valence-corrected chi connectivity index (χ0v) is 15.9. The molecule has 1 N–H and O–H groups in total. The maximum atomic E-state index is 12.7. The number of ether oxygens (including phenoxy) is 2. The van der Waals surface area contributed by atoms with Crippen LogP contribution in [0.3, 0.4) is 0 Å². The number of amides is 1. The lowest BCUT2D eigenvalue weighted by molar-refractivity contribution is 0.102. The predicted octanol–water partition coefficient (Wildman–Crippen LogP) is 4.80. The SMILES string of the molecule is COc1ccc(Cl)cc1C(=O)Nc1c(C)nc(Oc2ccccc2)nc1C. The quantitative estimate of drug-likeness (QED) is 0.685. The molecule has 0 saturated heterocycles. The van der Waals surface area contributed by atoms with Crippen molar-refractivity contribution in [2.24, 2.45) is 0 Å². The Balaban J connectivity index is 1.85. The highest BCUT2D eigenvalue weighted by Crippen LogP contribution is 2.27. The van der Waals surface area contributed by atoms with Gasteiger partial charge in [-0.2, -0.15) is 9.97 Å². The Morgan fingerprint density at radius 3 is 2.33 bits per heavy atom. The van der Waals surface area contributed by atoms with Crippen LogP contribution in [0.1, 0.15) is 21.7 Å². The van der Waals surface area contributed by atoms with Gasteiger partial charge in [-0.15, -0.1) is 0 Å². The van der Waals surface area contributed by atoms with E-state index in [1.165, 1.54) is 7.11 Å². The Kier molecular flexibility index (Phi) is 5.57. The number of halogens is 1. The van der Waals surface area contributed by atoms with Crippen molar-refractivity contribution in [1.29, 1.82) is 0 Å². The number of anilines is 1. The number of methoxy groups -OCH3 is 1. The van der Waals surface area contributed by atoms with E-state index in [1.807, 2.05) is 30.3 Å². The highest BCUT2D eigenvalue weighted by atomic mass is 35.5. The summed E-state index contributed by atoms with van der Waals surface area (Å²) in [7, 11) is 1.50. The molecule has 3 rings (SSSR count). The van der Waals surface area contributed by atoms with Gasteiger partial charge < -0.3 is 14.8 Å². The maximum Gasteiger partial charge on any atom is 0.322 e. The lowest BCUT2D eigenvalue weighted by atomic mass is 10.1. The van der Waals surface area contributed by atoms with Crippen molar-refractivity contribution >= 4 is 23.2 Å². The zero-order chi connectivity index (χ0) is 19.4. The van der Waals surface area contributed by atoms with E-state index in [1.54, 1.807) is 32.0 Å². The van der Waals surface area contributed by atoms with Gasteiger partial charge in [0.1, 0.15) is 11.5 Å². The second-order valence-corrected chi connectivity index (χ2v) is 6.20. The first-order chi connectivity index (χ1) is 13.0. The summed E-state index contributed by atoms with van der Waals surface area (Å²) in [5, 5.41) is 3.27. The van der Waals surface area contributed by atoms with Gasteiger partial charge in [0.15, 0.2) is 0 Å². The summed E-state index contributed by atoms with van der Waals surface area (Å²) in [5.41, 5.74) is 2.02. The molecule has 0 atom stereocenters. The number of aryl methyl sites for hydroxylation is 2. The lowest BCUT2D eigenvalue weighted by Crippen LogP contribution is -2.16. The summed E-state index contributed by atoms with van der Waals surface area (Å²) in [4.78, 5) is 21.4. The molecule has 0 unspecified atom stereocenters. The number of rotatable bonds is 5. The van der Waals surface area contributed by atoms with Gasteiger partial charge in [0.05, 0.1) is 29.7 Å². The van der Waals surface area contributed by atoms with Crippen LogP contribution >= 0.6 is 11.6 Å². The van der Waals surface area contributed by atoms with Gasteiger partial charge in [0.25, 0.3) is 5.91 Å². The van der Waals surface area contributed by atoms with Crippen molar-refractivity contribution in [2.45, 2.75) is 13.8 Å². The Morgan fingerprint density at radius 2 is 1.70 bits per heavy atom. The second kappa shape index (κ2) is 8.05. The third-order valence-electron chi connectivity index (χ3n) is 3.85. The third kappa shape index (κ3) is 4.35. The van der Waals surface area contributed by atoms with E-state index >= 15 is 0 Å². The number of nitrogens with one attached hydrogen (secondary N) is 1. The Hall–Kier alpha value is -3.12. The van der Waals surface area contributed by atoms with Crippen LogP contribution in [0.15, 0.2) is 48.5 Å². The summed E-state index contributed by atoms with van der Waals surface area (Å²) in [5.74, 6) is 0.704. The van der Waals surface area contributed by atoms with Crippen LogP contribution in [-0.4, -0.2) is 23.0 Å². The predicted molar refractivity (Wildman–Crippen MR) is 104 cm³/mol. The molecule has 1 aromatic heterocycles. The van der Waals surface area contributed by atoms with E-state index in [2.05, 4.69) is 15.3 Å². The van der Waals surface area contributed by atoms with E-state index in [9.17, 15) is 4.79 Å². The molecule has 1 heterocycles. The fourth-order valence-electron chi connectivity index (χ4n) is 2.54. The molecule has 2 aromatic carbocycles. The molecular weight excluding hydrogens is 366 g/mol. The number of para-hydroxylation sites is 1. The molecule has 0 bridgehead atoms. The highest BCUT2D eigenvalue weighted by molar-refractivity contribution is 6.31. The number of hydrogen-bond acceptors (Lipinski definition) is 5. The van der Waals surface area contributed by atoms with E-state index in [0.29, 0.717) is 39.2 Å². The van der Waals surface area contributed by atoms with Gasteiger partial charge in [-0.1, -0.05) is 29.8 Å². The van der Waals surface area contributed by atoms with Gasteiger partial charge in [-0.05, 0) is 44.2 Å². The molecule has 0 aliphatic carbocycles. The number of nitrogens with zero attached hydrogens (tertiary/aromatic N) is 2. The van der Waals surface area contributed by atoms with Crippen molar-refractivity contribution in [3.05, 3.63) is 70.5 Å². The van der Waals surface area contributed by atoms with Crippen LogP contribution < -0.4 is 14.8 Å². The monoisotopic (exact) mass is 383 g/mol. The van der Waals surface area contributed by atoms with Crippen molar-refractivity contribution in [1.82, 2.24) is 9.97 Å². The average Bonchev–Trinajstić information content (AvgIpc) is 2.65. The molecule has 0 spiro atoms. The van der Waals surface area contributed by atoms with Gasteiger partial charge in [0.2, 0.25) is 0 Å². The number of carbonyl (C=O) groups is 1. The van der Waals surface area contributed by atoms with Gasteiger partial charge >= 0.3 is 6.01 Å². The molecule has 1 amide bonds. The minimum Gasteiger partial charge on any atom is -0.496 e. The first kappa shape index (κ1) is 18.7. The van der Waals surface area contributed by atoms with Crippen LogP contribution in [0.4, 0.5) is 5.69 Å². The van der Waals surface area contributed by atoms with Crippen molar-refractivity contribution in [3.8, 4) is 17.5 Å². The highest BCUT2D eigenvalue weighted by Gasteiger charge is 2.17. The largest absolute Gasteiger partial charge is 0.496 e. The molecule has 27 heavy (non-hydrogen) atoms. The van der Waals surface area contributed by atoms with Crippen LogP contribution in [0.25, 0.3) is 0 Å². The molecule has 7 heteroatoms. The van der Waals surface area contributed by atoms with E-state index < -0.39 is 0 Å². The number of carbonyl (C=O) groups excluding carboxylic acids is 1. The van der Waals surface area contributed by atoms with E-state index in [0.717, 1.165) is 0 Å². The zero-order valence-electron chi connectivity index (χ0n) is 15.1. The topological polar surface area (TPSA) is 73.3 Å². The second-order valence-electron chi connectivity index (χ2n) is 5.77. The van der Waals surface area contributed by atoms with Crippen molar-refractivity contribution in [3.63, 3.8) is 0 Å². The van der Waals surface area contributed by atoms with Gasteiger partial charge in [-0.25, -0.2) is 0 Å². The molecule has 0 aliphatic heterocycles. The average molecular weight is 384 g/mol. The van der Waals surface area contributed by atoms with E-state index in [-0.39, 0.29) is 11.9 Å². The van der Waals surface area contributed by atoms with Crippen LogP contribution in [0.5, 0.6) is 17.5 Å². The molecule has 0 saturated carbocycles. The minimum absolute atomic E-state index is 0.217. The third-order valence-corrected chi connectivity index (χ3v) is 4.08. The smallest absolute Gasteiger partial charge is 0.322 e.